The standard InChI is InChI=1S/C17H21N5O2S2/c1-10-5-11(7-18-6-10)22-15-12-3-4-19-16(12)20-8-13(15)17-21-9-14(25-17)26(2,23)24/h3-4,8-11,18H,5-7H2,1-2H3,(H2,19,20,22)/t10-,11+/m0/s1. The lowest BCUT2D eigenvalue weighted by Crippen LogP contribution is -2.42. The van der Waals surface area contributed by atoms with Gasteiger partial charge in [-0.1, -0.05) is 6.92 Å². The molecule has 1 aliphatic heterocycles. The van der Waals surface area contributed by atoms with E-state index in [1.165, 1.54) is 23.8 Å². The number of thiazole rings is 1. The lowest BCUT2D eigenvalue weighted by Gasteiger charge is -2.30. The van der Waals surface area contributed by atoms with Crippen molar-refractivity contribution in [3.8, 4) is 10.6 Å². The fraction of sp³-hybridized carbons (Fsp3) is 0.412. The van der Waals surface area contributed by atoms with Crippen molar-refractivity contribution in [3.05, 3.63) is 24.7 Å². The van der Waals surface area contributed by atoms with E-state index in [1.807, 2.05) is 12.3 Å². The molecule has 0 unspecified atom stereocenters. The Labute approximate surface area is 156 Å². The summed E-state index contributed by atoms with van der Waals surface area (Å²) in [5.74, 6) is 0.602. The van der Waals surface area contributed by atoms with E-state index in [0.29, 0.717) is 17.0 Å². The lowest BCUT2D eigenvalue weighted by atomic mass is 9.97. The van der Waals surface area contributed by atoms with Gasteiger partial charge < -0.3 is 15.6 Å². The number of pyridine rings is 1. The van der Waals surface area contributed by atoms with Gasteiger partial charge in [-0.25, -0.2) is 18.4 Å². The van der Waals surface area contributed by atoms with E-state index < -0.39 is 9.84 Å². The van der Waals surface area contributed by atoms with Crippen LogP contribution < -0.4 is 10.6 Å². The fourth-order valence-corrected chi connectivity index (χ4v) is 5.10. The van der Waals surface area contributed by atoms with Gasteiger partial charge in [0.15, 0.2) is 9.84 Å². The van der Waals surface area contributed by atoms with Crippen molar-refractivity contribution < 1.29 is 8.42 Å². The first-order valence-electron chi connectivity index (χ1n) is 8.51. The number of nitrogens with one attached hydrogen (secondary N) is 3. The molecule has 3 aromatic heterocycles. The first kappa shape index (κ1) is 17.4. The maximum Gasteiger partial charge on any atom is 0.186 e. The van der Waals surface area contributed by atoms with Crippen LogP contribution >= 0.6 is 11.3 Å². The van der Waals surface area contributed by atoms with Gasteiger partial charge in [0.1, 0.15) is 14.9 Å². The summed E-state index contributed by atoms with van der Waals surface area (Å²) in [7, 11) is -3.27. The van der Waals surface area contributed by atoms with Crippen molar-refractivity contribution in [3.63, 3.8) is 0 Å². The highest BCUT2D eigenvalue weighted by molar-refractivity contribution is 7.92. The predicted octanol–water partition coefficient (Wildman–Crippen LogP) is 2.50. The maximum absolute atomic E-state index is 11.8. The zero-order chi connectivity index (χ0) is 18.3. The number of rotatable bonds is 4. The molecule has 7 nitrogen and oxygen atoms in total. The summed E-state index contributed by atoms with van der Waals surface area (Å²) < 4.78 is 23.9. The molecule has 1 saturated heterocycles. The van der Waals surface area contributed by atoms with Gasteiger partial charge in [-0.3, -0.25) is 0 Å². The third kappa shape index (κ3) is 3.34. The second-order valence-electron chi connectivity index (χ2n) is 6.88. The van der Waals surface area contributed by atoms with Gasteiger partial charge in [0.2, 0.25) is 0 Å². The second-order valence-corrected chi connectivity index (χ2v) is 10.2. The van der Waals surface area contributed by atoms with E-state index in [9.17, 15) is 8.42 Å². The first-order valence-corrected chi connectivity index (χ1v) is 11.2. The van der Waals surface area contributed by atoms with Gasteiger partial charge >= 0.3 is 0 Å². The molecule has 0 aliphatic carbocycles. The summed E-state index contributed by atoms with van der Waals surface area (Å²) in [6, 6.07) is 2.28. The van der Waals surface area contributed by atoms with Crippen molar-refractivity contribution in [2.75, 3.05) is 24.7 Å². The van der Waals surface area contributed by atoms with Gasteiger partial charge in [-0.05, 0) is 24.9 Å². The summed E-state index contributed by atoms with van der Waals surface area (Å²) in [6.07, 6.45) is 7.31. The molecule has 0 radical (unpaired) electrons. The molecule has 3 aromatic rings. The Balaban J connectivity index is 1.78. The van der Waals surface area contributed by atoms with E-state index in [1.54, 1.807) is 6.20 Å². The minimum Gasteiger partial charge on any atom is -0.380 e. The van der Waals surface area contributed by atoms with Crippen molar-refractivity contribution in [2.24, 2.45) is 5.92 Å². The number of fused-ring (bicyclic) bond motifs is 1. The van der Waals surface area contributed by atoms with Crippen LogP contribution in [0.25, 0.3) is 21.6 Å². The molecule has 26 heavy (non-hydrogen) atoms. The second kappa shape index (κ2) is 6.64. The normalized spacial score (nSPS) is 21.2. The molecule has 4 rings (SSSR count). The van der Waals surface area contributed by atoms with E-state index in [2.05, 4.69) is 32.5 Å². The number of aromatic amines is 1. The number of hydrogen-bond acceptors (Lipinski definition) is 7. The third-order valence-corrected chi connectivity index (χ3v) is 7.41. The highest BCUT2D eigenvalue weighted by atomic mass is 32.2. The SMILES string of the molecule is C[C@@H]1CNC[C@H](Nc2c(-c3ncc(S(C)(=O)=O)s3)cnc3[nH]ccc23)C1. The van der Waals surface area contributed by atoms with Crippen LogP contribution in [0.4, 0.5) is 5.69 Å². The Hall–Kier alpha value is -1.97. The average Bonchev–Trinajstić information content (AvgIpc) is 3.24. The predicted molar refractivity (Wildman–Crippen MR) is 104 cm³/mol. The molecule has 9 heteroatoms. The maximum atomic E-state index is 11.8. The Kier molecular flexibility index (Phi) is 4.45. The van der Waals surface area contributed by atoms with Crippen LogP contribution in [0.15, 0.2) is 28.9 Å². The third-order valence-electron chi connectivity index (χ3n) is 4.59. The van der Waals surface area contributed by atoms with Gasteiger partial charge in [0.05, 0.1) is 17.4 Å². The Morgan fingerprint density at radius 1 is 1.27 bits per heavy atom. The lowest BCUT2D eigenvalue weighted by molar-refractivity contribution is 0.378. The Morgan fingerprint density at radius 3 is 2.85 bits per heavy atom. The molecule has 3 N–H and O–H groups in total. The van der Waals surface area contributed by atoms with E-state index >= 15 is 0 Å². The van der Waals surface area contributed by atoms with Gasteiger partial charge in [0, 0.05) is 36.6 Å². The molecule has 0 spiro atoms. The van der Waals surface area contributed by atoms with Crippen molar-refractivity contribution in [1.29, 1.82) is 0 Å². The molecule has 2 atom stereocenters. The van der Waals surface area contributed by atoms with Crippen LogP contribution in [0.2, 0.25) is 0 Å². The molecule has 0 bridgehead atoms. The Bertz CT molecular complexity index is 1040. The average molecular weight is 392 g/mol. The molecular formula is C17H21N5O2S2. The largest absolute Gasteiger partial charge is 0.380 e. The zero-order valence-corrected chi connectivity index (χ0v) is 16.2. The number of hydrogen-bond donors (Lipinski definition) is 3. The monoisotopic (exact) mass is 391 g/mol. The van der Waals surface area contributed by atoms with Gasteiger partial charge in [-0.15, -0.1) is 11.3 Å². The van der Waals surface area contributed by atoms with Crippen LogP contribution in [0.5, 0.6) is 0 Å². The molecule has 0 saturated carbocycles. The molecule has 0 amide bonds. The number of H-pyrrole nitrogens is 1. The minimum absolute atomic E-state index is 0.264. The van der Waals surface area contributed by atoms with Crippen LogP contribution in [-0.2, 0) is 9.84 Å². The van der Waals surface area contributed by atoms with Gasteiger partial charge in [-0.2, -0.15) is 0 Å². The number of anilines is 1. The number of piperidine rings is 1. The quantitative estimate of drug-likeness (QED) is 0.632. The highest BCUT2D eigenvalue weighted by Gasteiger charge is 2.23. The van der Waals surface area contributed by atoms with E-state index in [0.717, 1.165) is 41.8 Å². The zero-order valence-electron chi connectivity index (χ0n) is 14.6. The fourth-order valence-electron chi connectivity index (χ4n) is 3.35. The molecule has 1 aliphatic rings. The molecule has 138 valence electrons. The van der Waals surface area contributed by atoms with Crippen molar-refractivity contribution in [2.45, 2.75) is 23.6 Å². The number of nitrogens with zero attached hydrogens (tertiary/aromatic N) is 2. The molecular weight excluding hydrogens is 370 g/mol. The molecule has 0 aromatic carbocycles. The summed E-state index contributed by atoms with van der Waals surface area (Å²) in [6.45, 7) is 4.16. The highest BCUT2D eigenvalue weighted by Crippen LogP contribution is 2.37. The van der Waals surface area contributed by atoms with Crippen LogP contribution in [0, 0.1) is 5.92 Å². The summed E-state index contributed by atoms with van der Waals surface area (Å²) in [4.78, 5) is 11.9. The van der Waals surface area contributed by atoms with E-state index in [-0.39, 0.29) is 4.21 Å². The summed E-state index contributed by atoms with van der Waals surface area (Å²) in [5, 5.41) is 8.74. The summed E-state index contributed by atoms with van der Waals surface area (Å²) >= 11 is 1.18. The minimum atomic E-state index is -3.27. The number of sulfone groups is 1. The Morgan fingerprint density at radius 2 is 2.12 bits per heavy atom. The van der Waals surface area contributed by atoms with Crippen LogP contribution in [-0.4, -0.2) is 48.8 Å². The van der Waals surface area contributed by atoms with E-state index in [4.69, 9.17) is 0 Å². The number of aromatic nitrogens is 3. The topological polar surface area (TPSA) is 99.8 Å². The van der Waals surface area contributed by atoms with Crippen LogP contribution in [0.1, 0.15) is 13.3 Å². The smallest absolute Gasteiger partial charge is 0.186 e. The first-order chi connectivity index (χ1) is 12.4. The van der Waals surface area contributed by atoms with Crippen LogP contribution in [0.3, 0.4) is 0 Å². The van der Waals surface area contributed by atoms with Crippen molar-refractivity contribution in [1.82, 2.24) is 20.3 Å². The van der Waals surface area contributed by atoms with Gasteiger partial charge in [0.25, 0.3) is 0 Å². The molecule has 1 fully saturated rings. The van der Waals surface area contributed by atoms with Crippen molar-refractivity contribution >= 4 is 37.9 Å². The summed E-state index contributed by atoms with van der Waals surface area (Å²) in [5.41, 5.74) is 2.58. The molecule has 4 heterocycles.